The first-order valence-electron chi connectivity index (χ1n) is 5.22. The molecule has 15 heavy (non-hydrogen) atoms. The van der Waals surface area contributed by atoms with Crippen LogP contribution in [0.4, 0.5) is 0 Å². The number of aliphatic hydroxyl groups is 1. The summed E-state index contributed by atoms with van der Waals surface area (Å²) in [5.41, 5.74) is 1.88. The van der Waals surface area contributed by atoms with Gasteiger partial charge in [-0.05, 0) is 6.07 Å². The Morgan fingerprint density at radius 1 is 1.47 bits per heavy atom. The quantitative estimate of drug-likeness (QED) is 0.748. The Hall–Kier alpha value is -0.910. The summed E-state index contributed by atoms with van der Waals surface area (Å²) in [5.74, 6) is 0. The zero-order valence-electron chi connectivity index (χ0n) is 9.02. The van der Waals surface area contributed by atoms with E-state index in [0.717, 1.165) is 44.2 Å². The molecule has 1 aliphatic heterocycles. The fourth-order valence-corrected chi connectivity index (χ4v) is 1.79. The molecule has 5 heteroatoms. The highest BCUT2D eigenvalue weighted by Crippen LogP contribution is 2.08. The van der Waals surface area contributed by atoms with Crippen molar-refractivity contribution in [1.82, 2.24) is 14.7 Å². The van der Waals surface area contributed by atoms with E-state index in [1.54, 1.807) is 0 Å². The first-order chi connectivity index (χ1) is 7.29. The van der Waals surface area contributed by atoms with Gasteiger partial charge in [0.1, 0.15) is 0 Å². The van der Waals surface area contributed by atoms with Crippen LogP contribution in [0.15, 0.2) is 6.07 Å². The first kappa shape index (κ1) is 10.6. The van der Waals surface area contributed by atoms with Crippen molar-refractivity contribution < 1.29 is 9.84 Å². The van der Waals surface area contributed by atoms with Crippen molar-refractivity contribution in [3.05, 3.63) is 17.5 Å². The van der Waals surface area contributed by atoms with Crippen molar-refractivity contribution in [1.29, 1.82) is 0 Å². The molecule has 1 fully saturated rings. The van der Waals surface area contributed by atoms with Crippen molar-refractivity contribution in [3.8, 4) is 0 Å². The summed E-state index contributed by atoms with van der Waals surface area (Å²) in [7, 11) is 1.91. The molecule has 1 aromatic heterocycles. The lowest BCUT2D eigenvalue weighted by Crippen LogP contribution is -2.36. The van der Waals surface area contributed by atoms with Crippen LogP contribution in [0, 0.1) is 0 Å². The molecule has 1 saturated heterocycles. The van der Waals surface area contributed by atoms with Gasteiger partial charge in [-0.2, -0.15) is 5.10 Å². The van der Waals surface area contributed by atoms with E-state index < -0.39 is 0 Å². The van der Waals surface area contributed by atoms with Gasteiger partial charge in [0.15, 0.2) is 0 Å². The zero-order chi connectivity index (χ0) is 10.7. The van der Waals surface area contributed by atoms with Crippen molar-refractivity contribution in [2.75, 3.05) is 26.3 Å². The number of rotatable bonds is 3. The Morgan fingerprint density at radius 3 is 2.80 bits per heavy atom. The Labute approximate surface area is 89.3 Å². The summed E-state index contributed by atoms with van der Waals surface area (Å²) in [6.45, 7) is 4.46. The standard InChI is InChI=1S/C10H17N3O2/c1-12-10(6-9(8-14)11-12)7-13-2-4-15-5-3-13/h6,14H,2-5,7-8H2,1H3. The van der Waals surface area contributed by atoms with Crippen LogP contribution in [0.1, 0.15) is 11.4 Å². The number of ether oxygens (including phenoxy) is 1. The maximum Gasteiger partial charge on any atom is 0.0882 e. The molecule has 2 rings (SSSR count). The molecule has 1 aromatic rings. The van der Waals surface area contributed by atoms with Crippen LogP contribution in [0.25, 0.3) is 0 Å². The molecule has 0 aromatic carbocycles. The van der Waals surface area contributed by atoms with Crippen LogP contribution < -0.4 is 0 Å². The number of nitrogens with zero attached hydrogens (tertiary/aromatic N) is 3. The Bertz CT molecular complexity index is 318. The van der Waals surface area contributed by atoms with Gasteiger partial charge < -0.3 is 9.84 Å². The summed E-state index contributed by atoms with van der Waals surface area (Å²) >= 11 is 0. The molecule has 0 atom stereocenters. The summed E-state index contributed by atoms with van der Waals surface area (Å²) in [4.78, 5) is 2.33. The van der Waals surface area contributed by atoms with E-state index in [1.807, 2.05) is 17.8 Å². The Kier molecular flexibility index (Phi) is 3.35. The van der Waals surface area contributed by atoms with Crippen molar-refractivity contribution in [2.45, 2.75) is 13.2 Å². The number of morpholine rings is 1. The molecule has 84 valence electrons. The molecule has 5 nitrogen and oxygen atoms in total. The highest BCUT2D eigenvalue weighted by Gasteiger charge is 2.13. The molecule has 0 spiro atoms. The monoisotopic (exact) mass is 211 g/mol. The van der Waals surface area contributed by atoms with Gasteiger partial charge in [-0.1, -0.05) is 0 Å². The van der Waals surface area contributed by atoms with Gasteiger partial charge >= 0.3 is 0 Å². The average molecular weight is 211 g/mol. The van der Waals surface area contributed by atoms with Crippen molar-refractivity contribution in [3.63, 3.8) is 0 Å². The SMILES string of the molecule is Cn1nc(CO)cc1CN1CCOCC1. The largest absolute Gasteiger partial charge is 0.390 e. The van der Waals surface area contributed by atoms with E-state index in [0.29, 0.717) is 0 Å². The first-order valence-corrected chi connectivity index (χ1v) is 5.22. The van der Waals surface area contributed by atoms with Crippen LogP contribution in [-0.2, 0) is 24.9 Å². The minimum Gasteiger partial charge on any atom is -0.390 e. The number of hydrogen-bond acceptors (Lipinski definition) is 4. The topological polar surface area (TPSA) is 50.5 Å². The second-order valence-corrected chi connectivity index (χ2v) is 3.80. The van der Waals surface area contributed by atoms with Gasteiger partial charge in [-0.3, -0.25) is 9.58 Å². The van der Waals surface area contributed by atoms with Crippen molar-refractivity contribution >= 4 is 0 Å². The third kappa shape index (κ3) is 2.56. The van der Waals surface area contributed by atoms with Crippen molar-refractivity contribution in [2.24, 2.45) is 7.05 Å². The van der Waals surface area contributed by atoms with E-state index in [1.165, 1.54) is 0 Å². The van der Waals surface area contributed by atoms with Gasteiger partial charge in [0.05, 0.1) is 31.2 Å². The lowest BCUT2D eigenvalue weighted by atomic mass is 10.3. The van der Waals surface area contributed by atoms with Crippen LogP contribution in [0.2, 0.25) is 0 Å². The highest BCUT2D eigenvalue weighted by molar-refractivity contribution is 5.09. The molecular formula is C10H17N3O2. The van der Waals surface area contributed by atoms with Crippen LogP contribution in [0.5, 0.6) is 0 Å². The van der Waals surface area contributed by atoms with Gasteiger partial charge in [0.25, 0.3) is 0 Å². The number of hydrogen-bond donors (Lipinski definition) is 1. The van der Waals surface area contributed by atoms with E-state index in [2.05, 4.69) is 10.00 Å². The normalized spacial score (nSPS) is 18.3. The highest BCUT2D eigenvalue weighted by atomic mass is 16.5. The molecule has 0 amide bonds. The average Bonchev–Trinajstić information content (AvgIpc) is 2.61. The summed E-state index contributed by atoms with van der Waals surface area (Å²) in [6.07, 6.45) is 0. The fourth-order valence-electron chi connectivity index (χ4n) is 1.79. The summed E-state index contributed by atoms with van der Waals surface area (Å²) in [6, 6.07) is 1.95. The Morgan fingerprint density at radius 2 is 2.20 bits per heavy atom. The molecule has 1 aliphatic rings. The minimum absolute atomic E-state index is 0.0109. The van der Waals surface area contributed by atoms with E-state index in [-0.39, 0.29) is 6.61 Å². The lowest BCUT2D eigenvalue weighted by Gasteiger charge is -2.26. The zero-order valence-corrected chi connectivity index (χ0v) is 9.02. The number of aryl methyl sites for hydroxylation is 1. The van der Waals surface area contributed by atoms with E-state index >= 15 is 0 Å². The molecule has 1 N–H and O–H groups in total. The molecule has 2 heterocycles. The van der Waals surface area contributed by atoms with Crippen LogP contribution in [-0.4, -0.2) is 46.1 Å². The predicted octanol–water partition coefficient (Wildman–Crippen LogP) is -0.255. The van der Waals surface area contributed by atoms with Crippen LogP contribution in [0.3, 0.4) is 0 Å². The molecule has 0 saturated carbocycles. The third-order valence-corrected chi connectivity index (χ3v) is 2.68. The molecule has 0 bridgehead atoms. The number of aromatic nitrogens is 2. The maximum absolute atomic E-state index is 8.97. The summed E-state index contributed by atoms with van der Waals surface area (Å²) in [5, 5.41) is 13.2. The smallest absolute Gasteiger partial charge is 0.0882 e. The molecule has 0 unspecified atom stereocenters. The van der Waals surface area contributed by atoms with Gasteiger partial charge in [-0.25, -0.2) is 0 Å². The number of aliphatic hydroxyl groups excluding tert-OH is 1. The molecular weight excluding hydrogens is 194 g/mol. The van der Waals surface area contributed by atoms with Gasteiger partial charge in [-0.15, -0.1) is 0 Å². The lowest BCUT2D eigenvalue weighted by molar-refractivity contribution is 0.0331. The van der Waals surface area contributed by atoms with E-state index in [4.69, 9.17) is 9.84 Å². The fraction of sp³-hybridized carbons (Fsp3) is 0.700. The predicted molar refractivity (Wildman–Crippen MR) is 55.2 cm³/mol. The maximum atomic E-state index is 8.97. The minimum atomic E-state index is 0.0109. The molecule has 0 aliphatic carbocycles. The summed E-state index contributed by atoms with van der Waals surface area (Å²) < 4.78 is 7.12. The second-order valence-electron chi connectivity index (χ2n) is 3.80. The third-order valence-electron chi connectivity index (χ3n) is 2.68. The van der Waals surface area contributed by atoms with Gasteiger partial charge in [0, 0.05) is 26.7 Å². The van der Waals surface area contributed by atoms with E-state index in [9.17, 15) is 0 Å². The van der Waals surface area contributed by atoms with Crippen LogP contribution >= 0.6 is 0 Å². The van der Waals surface area contributed by atoms with Gasteiger partial charge in [0.2, 0.25) is 0 Å². The molecule has 0 radical (unpaired) electrons. The Balaban J connectivity index is 1.99. The second kappa shape index (κ2) is 4.74.